The molecular weight excluding hydrogens is 314 g/mol. The van der Waals surface area contributed by atoms with Crippen LogP contribution in [-0.2, 0) is 9.59 Å². The molecule has 0 spiro atoms. The maximum absolute atomic E-state index is 12.8. The lowest BCUT2D eigenvalue weighted by molar-refractivity contribution is -0.136. The quantitative estimate of drug-likeness (QED) is 0.627. The molecule has 1 saturated heterocycles. The summed E-state index contributed by atoms with van der Waals surface area (Å²) in [4.78, 5) is 27.6. The average Bonchev–Trinajstić information content (AvgIpc) is 2.61. The Morgan fingerprint density at radius 1 is 1.36 bits per heavy atom. The molecular formula is C20H25N3O2. The van der Waals surface area contributed by atoms with Crippen LogP contribution in [0.15, 0.2) is 43.0 Å². The first kappa shape index (κ1) is 18.8. The fourth-order valence-electron chi connectivity index (χ4n) is 3.03. The number of hydrogen-bond acceptors (Lipinski definition) is 3. The van der Waals surface area contributed by atoms with Crippen LogP contribution in [-0.4, -0.2) is 54.3 Å². The Balaban J connectivity index is 1.98. The van der Waals surface area contributed by atoms with E-state index in [1.807, 2.05) is 35.2 Å². The van der Waals surface area contributed by atoms with E-state index in [0.29, 0.717) is 19.6 Å². The molecule has 1 aliphatic rings. The first-order valence-electron chi connectivity index (χ1n) is 8.54. The van der Waals surface area contributed by atoms with Gasteiger partial charge in [-0.2, -0.15) is 0 Å². The zero-order chi connectivity index (χ0) is 18.1. The summed E-state index contributed by atoms with van der Waals surface area (Å²) < 4.78 is 0. The van der Waals surface area contributed by atoms with Gasteiger partial charge < -0.3 is 10.6 Å². The van der Waals surface area contributed by atoms with Crippen molar-refractivity contribution in [2.24, 2.45) is 11.7 Å². The molecule has 1 fully saturated rings. The molecule has 25 heavy (non-hydrogen) atoms. The zero-order valence-corrected chi connectivity index (χ0v) is 14.5. The molecule has 1 heterocycles. The minimum atomic E-state index is -0.357. The smallest absolute Gasteiger partial charge is 0.231 e. The van der Waals surface area contributed by atoms with E-state index in [1.165, 1.54) is 0 Å². The molecule has 0 unspecified atom stereocenters. The van der Waals surface area contributed by atoms with Gasteiger partial charge in [0.05, 0.1) is 19.0 Å². The van der Waals surface area contributed by atoms with Gasteiger partial charge in [0, 0.05) is 18.7 Å². The molecule has 132 valence electrons. The van der Waals surface area contributed by atoms with Crippen molar-refractivity contribution in [3.63, 3.8) is 0 Å². The van der Waals surface area contributed by atoms with Gasteiger partial charge in [0.1, 0.15) is 0 Å². The first-order valence-corrected chi connectivity index (χ1v) is 8.54. The molecule has 0 aromatic heterocycles. The van der Waals surface area contributed by atoms with E-state index in [4.69, 9.17) is 5.73 Å². The number of piperidine rings is 1. The molecule has 0 bridgehead atoms. The van der Waals surface area contributed by atoms with Gasteiger partial charge >= 0.3 is 0 Å². The summed E-state index contributed by atoms with van der Waals surface area (Å²) in [6, 6.07) is 9.70. The topological polar surface area (TPSA) is 66.6 Å². The molecule has 1 aromatic carbocycles. The predicted octanol–water partition coefficient (Wildman–Crippen LogP) is 1.25. The number of rotatable bonds is 6. The fourth-order valence-corrected chi connectivity index (χ4v) is 3.03. The molecule has 2 rings (SSSR count). The Hall–Kier alpha value is -2.58. The maximum Gasteiger partial charge on any atom is 0.231 e. The SMILES string of the molecule is C=CCN(CC#Cc1ccccc1)C(=O)[C@H]1CCCN(CC(N)=O)C1. The molecule has 0 saturated carbocycles. The number of amides is 2. The van der Waals surface area contributed by atoms with Crippen molar-refractivity contribution in [1.29, 1.82) is 0 Å². The van der Waals surface area contributed by atoms with Gasteiger partial charge in [0.15, 0.2) is 0 Å². The van der Waals surface area contributed by atoms with Gasteiger partial charge in [-0.25, -0.2) is 0 Å². The van der Waals surface area contributed by atoms with E-state index >= 15 is 0 Å². The van der Waals surface area contributed by atoms with E-state index in [2.05, 4.69) is 18.4 Å². The van der Waals surface area contributed by atoms with Gasteiger partial charge in [0.2, 0.25) is 11.8 Å². The Morgan fingerprint density at radius 3 is 2.80 bits per heavy atom. The Kier molecular flexibility index (Phi) is 7.24. The summed E-state index contributed by atoms with van der Waals surface area (Å²) in [6.45, 7) is 6.15. The van der Waals surface area contributed by atoms with Crippen LogP contribution in [0.2, 0.25) is 0 Å². The van der Waals surface area contributed by atoms with E-state index in [-0.39, 0.29) is 24.3 Å². The largest absolute Gasteiger partial charge is 0.369 e. The van der Waals surface area contributed by atoms with E-state index in [0.717, 1.165) is 24.9 Å². The lowest BCUT2D eigenvalue weighted by Crippen LogP contribution is -2.47. The predicted molar refractivity (Wildman–Crippen MR) is 98.5 cm³/mol. The standard InChI is InChI=1S/C20H25N3O2/c1-2-12-23(14-6-10-17-8-4-3-5-9-17)20(25)18-11-7-13-22(15-18)16-19(21)24/h2-5,8-9,18H,1,7,11-16H2,(H2,21,24)/t18-/m0/s1. The second-order valence-electron chi connectivity index (χ2n) is 6.22. The highest BCUT2D eigenvalue weighted by molar-refractivity contribution is 5.80. The second kappa shape index (κ2) is 9.65. The summed E-state index contributed by atoms with van der Waals surface area (Å²) in [6.07, 6.45) is 3.43. The molecule has 1 atom stereocenters. The molecule has 1 aliphatic heterocycles. The second-order valence-corrected chi connectivity index (χ2v) is 6.22. The molecule has 0 aliphatic carbocycles. The summed E-state index contributed by atoms with van der Waals surface area (Å²) in [7, 11) is 0. The normalized spacial score (nSPS) is 17.2. The van der Waals surface area contributed by atoms with Gasteiger partial charge in [-0.3, -0.25) is 14.5 Å². The van der Waals surface area contributed by atoms with Crippen LogP contribution in [0.5, 0.6) is 0 Å². The van der Waals surface area contributed by atoms with Crippen LogP contribution in [0.1, 0.15) is 18.4 Å². The number of nitrogens with two attached hydrogens (primary N) is 1. The summed E-state index contributed by atoms with van der Waals surface area (Å²) in [5.41, 5.74) is 6.20. The van der Waals surface area contributed by atoms with E-state index < -0.39 is 0 Å². The van der Waals surface area contributed by atoms with Crippen molar-refractivity contribution in [3.8, 4) is 11.8 Å². The lowest BCUT2D eigenvalue weighted by Gasteiger charge is -2.33. The third-order valence-electron chi connectivity index (χ3n) is 4.17. The number of likely N-dealkylation sites (tertiary alicyclic amines) is 1. The highest BCUT2D eigenvalue weighted by atomic mass is 16.2. The number of hydrogen-bond donors (Lipinski definition) is 1. The van der Waals surface area contributed by atoms with Crippen molar-refractivity contribution in [1.82, 2.24) is 9.80 Å². The van der Waals surface area contributed by atoms with Crippen molar-refractivity contribution in [3.05, 3.63) is 48.6 Å². The number of carbonyl (C=O) groups excluding carboxylic acids is 2. The van der Waals surface area contributed by atoms with Crippen LogP contribution in [0.4, 0.5) is 0 Å². The molecule has 5 nitrogen and oxygen atoms in total. The first-order chi connectivity index (χ1) is 12.1. The summed E-state index contributed by atoms with van der Waals surface area (Å²) >= 11 is 0. The molecule has 1 aromatic rings. The van der Waals surface area contributed by atoms with Crippen LogP contribution in [0.3, 0.4) is 0 Å². The minimum Gasteiger partial charge on any atom is -0.369 e. The highest BCUT2D eigenvalue weighted by Crippen LogP contribution is 2.18. The van der Waals surface area contributed by atoms with Crippen LogP contribution >= 0.6 is 0 Å². The third kappa shape index (κ3) is 6.09. The third-order valence-corrected chi connectivity index (χ3v) is 4.17. The summed E-state index contributed by atoms with van der Waals surface area (Å²) in [5.74, 6) is 5.74. The number of benzene rings is 1. The maximum atomic E-state index is 12.8. The van der Waals surface area contributed by atoms with Crippen LogP contribution in [0.25, 0.3) is 0 Å². The fraction of sp³-hybridized carbons (Fsp3) is 0.400. The number of primary amides is 1. The zero-order valence-electron chi connectivity index (χ0n) is 14.5. The van der Waals surface area contributed by atoms with Gasteiger partial charge in [-0.15, -0.1) is 6.58 Å². The van der Waals surface area contributed by atoms with Crippen LogP contribution in [0, 0.1) is 17.8 Å². The van der Waals surface area contributed by atoms with Gasteiger partial charge in [-0.1, -0.05) is 36.1 Å². The Labute approximate surface area is 149 Å². The average molecular weight is 339 g/mol. The molecule has 2 amide bonds. The van der Waals surface area contributed by atoms with Gasteiger partial charge in [-0.05, 0) is 31.5 Å². The summed E-state index contributed by atoms with van der Waals surface area (Å²) in [5, 5.41) is 0. The Morgan fingerprint density at radius 2 is 2.12 bits per heavy atom. The van der Waals surface area contributed by atoms with E-state index in [9.17, 15) is 9.59 Å². The number of nitrogens with zero attached hydrogens (tertiary/aromatic N) is 2. The Bertz CT molecular complexity index is 661. The van der Waals surface area contributed by atoms with E-state index in [1.54, 1.807) is 11.0 Å². The van der Waals surface area contributed by atoms with Crippen molar-refractivity contribution < 1.29 is 9.59 Å². The minimum absolute atomic E-state index is 0.0661. The van der Waals surface area contributed by atoms with Gasteiger partial charge in [0.25, 0.3) is 0 Å². The van der Waals surface area contributed by atoms with Crippen molar-refractivity contribution in [2.45, 2.75) is 12.8 Å². The highest BCUT2D eigenvalue weighted by Gasteiger charge is 2.29. The van der Waals surface area contributed by atoms with Crippen molar-refractivity contribution in [2.75, 3.05) is 32.7 Å². The lowest BCUT2D eigenvalue weighted by atomic mass is 9.96. The number of carbonyl (C=O) groups is 2. The van der Waals surface area contributed by atoms with Crippen LogP contribution < -0.4 is 5.73 Å². The molecule has 2 N–H and O–H groups in total. The molecule has 0 radical (unpaired) electrons. The molecule has 5 heteroatoms. The monoisotopic (exact) mass is 339 g/mol. The van der Waals surface area contributed by atoms with Crippen molar-refractivity contribution >= 4 is 11.8 Å².